The number of benzene rings is 2. The van der Waals surface area contributed by atoms with Crippen molar-refractivity contribution < 1.29 is 4.79 Å². The molecule has 0 spiro atoms. The number of thiazole rings is 1. The van der Waals surface area contributed by atoms with Crippen LogP contribution in [0.5, 0.6) is 0 Å². The molecule has 4 aromatic rings. The predicted molar refractivity (Wildman–Crippen MR) is 166 cm³/mol. The smallest absolute Gasteiger partial charge is 0.265 e. The fraction of sp³-hybridized carbons (Fsp3) is 0.364. The van der Waals surface area contributed by atoms with Gasteiger partial charge in [-0.3, -0.25) is 14.2 Å². The zero-order chi connectivity index (χ0) is 28.4. The zero-order valence-corrected chi connectivity index (χ0v) is 25.2. The van der Waals surface area contributed by atoms with Crippen LogP contribution in [0.25, 0.3) is 27.5 Å². The summed E-state index contributed by atoms with van der Waals surface area (Å²) in [4.78, 5) is 35.6. The minimum Gasteiger partial charge on any atom is -0.339 e. The largest absolute Gasteiger partial charge is 0.339 e. The number of aromatic nitrogens is 2. The van der Waals surface area contributed by atoms with Crippen molar-refractivity contribution in [1.82, 2.24) is 14.5 Å². The molecule has 2 aromatic carbocycles. The van der Waals surface area contributed by atoms with E-state index in [0.29, 0.717) is 21.2 Å². The highest BCUT2D eigenvalue weighted by atomic mass is 35.5. The number of amides is 1. The molecule has 1 fully saturated rings. The van der Waals surface area contributed by atoms with Gasteiger partial charge in [-0.15, -0.1) is 11.3 Å². The molecule has 2 aromatic heterocycles. The van der Waals surface area contributed by atoms with Gasteiger partial charge in [0.2, 0.25) is 0 Å². The summed E-state index contributed by atoms with van der Waals surface area (Å²) < 4.78 is 1.85. The van der Waals surface area contributed by atoms with Gasteiger partial charge in [0, 0.05) is 34.7 Å². The maximum absolute atomic E-state index is 14.6. The Balaban J connectivity index is 1.80. The van der Waals surface area contributed by atoms with Gasteiger partial charge in [0.25, 0.3) is 11.5 Å². The first kappa shape index (κ1) is 28.3. The number of piperidine rings is 1. The van der Waals surface area contributed by atoms with Crippen molar-refractivity contribution in [2.75, 3.05) is 13.1 Å². The van der Waals surface area contributed by atoms with E-state index in [1.54, 1.807) is 0 Å². The Hall–Kier alpha value is -3.22. The molecule has 0 atom stereocenters. The van der Waals surface area contributed by atoms with E-state index in [-0.39, 0.29) is 17.4 Å². The Morgan fingerprint density at radius 2 is 1.65 bits per heavy atom. The third-order valence-electron chi connectivity index (χ3n) is 7.72. The molecule has 40 heavy (non-hydrogen) atoms. The summed E-state index contributed by atoms with van der Waals surface area (Å²) >= 11 is 7.53. The highest BCUT2D eigenvalue weighted by Crippen LogP contribution is 2.33. The first-order chi connectivity index (χ1) is 19.3. The van der Waals surface area contributed by atoms with Crippen LogP contribution in [0, 0.1) is 0 Å². The Bertz CT molecular complexity index is 1560. The lowest BCUT2D eigenvalue weighted by Gasteiger charge is -2.30. The number of hydrogen-bond acceptors (Lipinski definition) is 4. The normalized spacial score (nSPS) is 13.7. The number of aryl methyl sites for hydroxylation is 2. The molecule has 1 saturated heterocycles. The molecule has 0 unspecified atom stereocenters. The third-order valence-corrected chi connectivity index (χ3v) is 8.85. The molecule has 0 N–H and O–H groups in total. The molecule has 5 nitrogen and oxygen atoms in total. The molecule has 3 heterocycles. The summed E-state index contributed by atoms with van der Waals surface area (Å²) in [6.07, 6.45) is 4.72. The van der Waals surface area contributed by atoms with Gasteiger partial charge < -0.3 is 4.90 Å². The Morgan fingerprint density at radius 1 is 1.00 bits per heavy atom. The number of hydrogen-bond donors (Lipinski definition) is 0. The van der Waals surface area contributed by atoms with Gasteiger partial charge in [0.15, 0.2) is 0 Å². The van der Waals surface area contributed by atoms with Crippen LogP contribution in [0.3, 0.4) is 0 Å². The second-order valence-corrected chi connectivity index (χ2v) is 12.0. The lowest BCUT2D eigenvalue weighted by Crippen LogP contribution is -2.38. The summed E-state index contributed by atoms with van der Waals surface area (Å²) in [5.41, 5.74) is 6.51. The molecule has 0 bridgehead atoms. The quantitative estimate of drug-likeness (QED) is 0.224. The Kier molecular flexibility index (Phi) is 8.57. The molecule has 0 aliphatic carbocycles. The molecule has 1 aliphatic rings. The average Bonchev–Trinajstić information content (AvgIpc) is 3.47. The summed E-state index contributed by atoms with van der Waals surface area (Å²) in [5, 5.41) is 3.23. The first-order valence-corrected chi connectivity index (χ1v) is 15.5. The van der Waals surface area contributed by atoms with E-state index in [4.69, 9.17) is 16.6 Å². The van der Waals surface area contributed by atoms with E-state index in [1.165, 1.54) is 11.3 Å². The number of likely N-dealkylation sites (tertiary alicyclic amines) is 1. The second-order valence-electron chi connectivity index (χ2n) is 10.7. The van der Waals surface area contributed by atoms with Crippen molar-refractivity contribution in [3.05, 3.63) is 91.7 Å². The van der Waals surface area contributed by atoms with Crippen LogP contribution in [0.2, 0.25) is 5.02 Å². The fourth-order valence-electron chi connectivity index (χ4n) is 5.67. The van der Waals surface area contributed by atoms with Gasteiger partial charge in [-0.2, -0.15) is 0 Å². The van der Waals surface area contributed by atoms with Crippen molar-refractivity contribution >= 4 is 28.8 Å². The lowest BCUT2D eigenvalue weighted by molar-refractivity contribution is 0.0722. The van der Waals surface area contributed by atoms with Crippen LogP contribution in [-0.2, 0) is 12.8 Å². The fourth-order valence-corrected chi connectivity index (χ4v) is 6.63. The third kappa shape index (κ3) is 5.39. The predicted octanol–water partition coefficient (Wildman–Crippen LogP) is 8.16. The number of nitrogens with zero attached hydrogens (tertiary/aromatic N) is 3. The Labute approximate surface area is 245 Å². The molecule has 0 saturated carbocycles. The molecule has 7 heteroatoms. The van der Waals surface area contributed by atoms with Crippen molar-refractivity contribution in [1.29, 1.82) is 0 Å². The first-order valence-electron chi connectivity index (χ1n) is 14.3. The minimum atomic E-state index is -0.133. The highest BCUT2D eigenvalue weighted by molar-refractivity contribution is 7.13. The summed E-state index contributed by atoms with van der Waals surface area (Å²) in [5.74, 6) is -0.0408. The number of halogens is 1. The summed E-state index contributed by atoms with van der Waals surface area (Å²) in [6.45, 7) is 9.85. The molecule has 5 rings (SSSR count). The number of pyridine rings is 1. The number of carbonyl (C=O) groups is 1. The monoisotopic (exact) mass is 573 g/mol. The highest BCUT2D eigenvalue weighted by Gasteiger charge is 2.29. The van der Waals surface area contributed by atoms with Crippen LogP contribution >= 0.6 is 22.9 Å². The maximum atomic E-state index is 14.6. The second kappa shape index (κ2) is 12.1. The number of para-hydroxylation sites is 1. The summed E-state index contributed by atoms with van der Waals surface area (Å²) in [6, 6.07) is 15.6. The van der Waals surface area contributed by atoms with Gasteiger partial charge in [0.1, 0.15) is 5.01 Å². The van der Waals surface area contributed by atoms with E-state index in [1.807, 2.05) is 45.2 Å². The van der Waals surface area contributed by atoms with E-state index in [9.17, 15) is 9.59 Å². The van der Waals surface area contributed by atoms with Crippen LogP contribution in [0.1, 0.15) is 80.1 Å². The number of rotatable bonds is 7. The van der Waals surface area contributed by atoms with Crippen LogP contribution in [-0.4, -0.2) is 33.4 Å². The van der Waals surface area contributed by atoms with Crippen molar-refractivity contribution in [2.45, 2.75) is 65.7 Å². The van der Waals surface area contributed by atoms with E-state index >= 15 is 0 Å². The molecule has 1 amide bonds. The molecular weight excluding hydrogens is 538 g/mol. The molecule has 1 aliphatic heterocycles. The van der Waals surface area contributed by atoms with E-state index < -0.39 is 0 Å². The Morgan fingerprint density at radius 3 is 2.25 bits per heavy atom. The SMILES string of the molecule is CCc1cccc(CC)c1-n1c(C(C)C)c(C(=O)N2CCCCC2)cc(-c2nc(-c3ccc(Cl)cc3)cs2)c1=O. The van der Waals surface area contributed by atoms with Crippen LogP contribution in [0.15, 0.2) is 58.7 Å². The van der Waals surface area contributed by atoms with Crippen LogP contribution in [0.4, 0.5) is 0 Å². The zero-order valence-electron chi connectivity index (χ0n) is 23.7. The van der Waals surface area contributed by atoms with Gasteiger partial charge in [0.05, 0.1) is 22.5 Å². The topological polar surface area (TPSA) is 55.2 Å². The van der Waals surface area contributed by atoms with Gasteiger partial charge in [-0.25, -0.2) is 4.98 Å². The summed E-state index contributed by atoms with van der Waals surface area (Å²) in [7, 11) is 0. The average molecular weight is 574 g/mol. The maximum Gasteiger partial charge on any atom is 0.265 e. The van der Waals surface area contributed by atoms with Gasteiger partial charge in [-0.05, 0) is 67.3 Å². The number of carbonyl (C=O) groups excluding carboxylic acids is 1. The van der Waals surface area contributed by atoms with Gasteiger partial charge >= 0.3 is 0 Å². The molecule has 208 valence electrons. The van der Waals surface area contributed by atoms with Gasteiger partial charge in [-0.1, -0.05) is 69.6 Å². The van der Waals surface area contributed by atoms with Crippen molar-refractivity contribution in [3.8, 4) is 27.5 Å². The van der Waals surface area contributed by atoms with Crippen molar-refractivity contribution in [2.24, 2.45) is 0 Å². The molecule has 0 radical (unpaired) electrons. The molecular formula is C33H36ClN3O2S. The minimum absolute atomic E-state index is 0.0000844. The van der Waals surface area contributed by atoms with E-state index in [0.717, 1.165) is 79.0 Å². The van der Waals surface area contributed by atoms with Crippen molar-refractivity contribution in [3.63, 3.8) is 0 Å². The van der Waals surface area contributed by atoms with E-state index in [2.05, 4.69) is 45.9 Å². The van der Waals surface area contributed by atoms with Crippen LogP contribution < -0.4 is 5.56 Å². The lowest BCUT2D eigenvalue weighted by atomic mass is 9.96. The standard InChI is InChI=1S/C33H36ClN3O2S/c1-5-22-11-10-12-23(6-2)30(22)37-29(21(3)4)26(32(38)36-17-8-7-9-18-36)19-27(33(37)39)31-35-28(20-40-31)24-13-15-25(34)16-14-24/h10-16,19-21H,5-9,17-18H2,1-4H3.